The van der Waals surface area contributed by atoms with Crippen molar-refractivity contribution < 1.29 is 23.1 Å². The van der Waals surface area contributed by atoms with Gasteiger partial charge in [-0.05, 0) is 43.5 Å². The molecule has 2 rings (SSSR count). The van der Waals surface area contributed by atoms with Crippen LogP contribution < -0.4 is 4.72 Å². The van der Waals surface area contributed by atoms with Crippen LogP contribution in [0.25, 0.3) is 0 Å². The van der Waals surface area contributed by atoms with E-state index in [2.05, 4.69) is 4.72 Å². The van der Waals surface area contributed by atoms with Gasteiger partial charge in [-0.2, -0.15) is 0 Å². The third kappa shape index (κ3) is 5.50. The minimum atomic E-state index is -3.55. The Balaban J connectivity index is 1.89. The van der Waals surface area contributed by atoms with Crippen molar-refractivity contribution in [3.05, 3.63) is 29.8 Å². The lowest BCUT2D eigenvalue weighted by atomic mass is 9.86. The number of ether oxygens (including phenoxy) is 1. The highest BCUT2D eigenvalue weighted by atomic mass is 32.2. The molecule has 1 aromatic rings. The van der Waals surface area contributed by atoms with Crippen LogP contribution in [0.2, 0.25) is 0 Å². The molecule has 1 aliphatic carbocycles. The second-order valence-corrected chi connectivity index (χ2v) is 8.00. The van der Waals surface area contributed by atoms with Gasteiger partial charge in [0, 0.05) is 19.2 Å². The molecule has 0 bridgehead atoms. The molecular weight excluding hydrogens is 344 g/mol. The summed E-state index contributed by atoms with van der Waals surface area (Å²) >= 11 is 0. The molecule has 25 heavy (non-hydrogen) atoms. The van der Waals surface area contributed by atoms with Gasteiger partial charge in [-0.3, -0.25) is 9.69 Å². The van der Waals surface area contributed by atoms with Gasteiger partial charge < -0.3 is 9.84 Å². The maximum absolute atomic E-state index is 12.4. The fourth-order valence-corrected chi connectivity index (χ4v) is 4.26. The second kappa shape index (κ2) is 8.75. The number of nitrogens with zero attached hydrogens (tertiary/aromatic N) is 1. The molecule has 1 fully saturated rings. The van der Waals surface area contributed by atoms with E-state index >= 15 is 0 Å². The zero-order chi connectivity index (χ0) is 18.4. The number of carboxylic acid groups (broad SMARTS) is 1. The lowest BCUT2D eigenvalue weighted by Gasteiger charge is -2.42. The Hall–Kier alpha value is -1.48. The normalized spacial score (nSPS) is 20.4. The number of rotatable bonds is 10. The van der Waals surface area contributed by atoms with Crippen molar-refractivity contribution in [3.8, 4) is 0 Å². The summed E-state index contributed by atoms with van der Waals surface area (Å²) in [5, 5.41) is 8.90. The van der Waals surface area contributed by atoms with E-state index in [4.69, 9.17) is 9.84 Å². The predicted octanol–water partition coefficient (Wildman–Crippen LogP) is 1.09. The lowest BCUT2D eigenvalue weighted by Crippen LogP contribution is -2.54. The van der Waals surface area contributed by atoms with Crippen LogP contribution in [0.15, 0.2) is 29.2 Å². The average molecular weight is 370 g/mol. The standard InChI is InChI=1S/C17H26N2O5S/c1-3-19(12-17(20)21)15-10-14(11-15)18-25(22,23)16-6-4-13(5-7-16)8-9-24-2/h4-7,14-15,18H,3,8-12H2,1-2H3,(H,20,21). The maximum Gasteiger partial charge on any atom is 0.317 e. The molecule has 0 spiro atoms. The van der Waals surface area contributed by atoms with E-state index in [1.165, 1.54) is 0 Å². The van der Waals surface area contributed by atoms with Crippen molar-refractivity contribution >= 4 is 16.0 Å². The van der Waals surface area contributed by atoms with Gasteiger partial charge in [-0.15, -0.1) is 0 Å². The van der Waals surface area contributed by atoms with Crippen LogP contribution in [0.4, 0.5) is 0 Å². The smallest absolute Gasteiger partial charge is 0.317 e. The molecule has 0 aromatic heterocycles. The number of carboxylic acids is 1. The number of likely N-dealkylation sites (N-methyl/N-ethyl adjacent to an activating group) is 1. The van der Waals surface area contributed by atoms with Crippen LogP contribution in [-0.2, 0) is 26.0 Å². The molecule has 0 heterocycles. The average Bonchev–Trinajstić information content (AvgIpc) is 2.54. The molecule has 0 atom stereocenters. The Labute approximate surface area is 149 Å². The zero-order valence-corrected chi connectivity index (χ0v) is 15.5. The predicted molar refractivity (Wildman–Crippen MR) is 94.0 cm³/mol. The van der Waals surface area contributed by atoms with Gasteiger partial charge >= 0.3 is 5.97 Å². The summed E-state index contributed by atoms with van der Waals surface area (Å²) in [7, 11) is -1.92. The Morgan fingerprint density at radius 1 is 1.32 bits per heavy atom. The van der Waals surface area contributed by atoms with E-state index in [-0.39, 0.29) is 23.5 Å². The van der Waals surface area contributed by atoms with Crippen molar-refractivity contribution in [1.82, 2.24) is 9.62 Å². The van der Waals surface area contributed by atoms with Crippen molar-refractivity contribution in [2.45, 2.75) is 43.2 Å². The summed E-state index contributed by atoms with van der Waals surface area (Å²) in [6, 6.07) is 6.76. The van der Waals surface area contributed by atoms with E-state index in [1.54, 1.807) is 31.4 Å². The van der Waals surface area contributed by atoms with E-state index in [1.807, 2.05) is 11.8 Å². The first-order chi connectivity index (χ1) is 11.9. The third-order valence-electron chi connectivity index (χ3n) is 4.52. The number of sulfonamides is 1. The fraction of sp³-hybridized carbons (Fsp3) is 0.588. The molecule has 140 valence electrons. The molecule has 0 unspecified atom stereocenters. The quantitative estimate of drug-likeness (QED) is 0.640. The second-order valence-electron chi connectivity index (χ2n) is 6.29. The Kier molecular flexibility index (Phi) is 6.95. The van der Waals surface area contributed by atoms with Gasteiger partial charge in [0.05, 0.1) is 18.0 Å². The number of carbonyl (C=O) groups is 1. The van der Waals surface area contributed by atoms with Crippen molar-refractivity contribution in [3.63, 3.8) is 0 Å². The van der Waals surface area contributed by atoms with Crippen LogP contribution in [0.1, 0.15) is 25.3 Å². The molecular formula is C17H26N2O5S. The molecule has 0 aliphatic heterocycles. The highest BCUT2D eigenvalue weighted by molar-refractivity contribution is 7.89. The molecule has 1 aromatic carbocycles. The Bertz CT molecular complexity index is 669. The summed E-state index contributed by atoms with van der Waals surface area (Å²) in [4.78, 5) is 12.9. The largest absolute Gasteiger partial charge is 0.480 e. The Morgan fingerprint density at radius 2 is 1.96 bits per heavy atom. The SMILES string of the molecule is CCN(CC(=O)O)C1CC(NS(=O)(=O)c2ccc(CCOC)cc2)C1. The number of methoxy groups -OCH3 is 1. The maximum atomic E-state index is 12.4. The third-order valence-corrected chi connectivity index (χ3v) is 6.06. The van der Waals surface area contributed by atoms with E-state index < -0.39 is 16.0 Å². The first kappa shape index (κ1) is 19.8. The lowest BCUT2D eigenvalue weighted by molar-refractivity contribution is -0.139. The molecule has 0 saturated heterocycles. The highest BCUT2D eigenvalue weighted by Gasteiger charge is 2.36. The van der Waals surface area contributed by atoms with Crippen molar-refractivity contribution in [2.24, 2.45) is 0 Å². The van der Waals surface area contributed by atoms with Crippen LogP contribution in [0.3, 0.4) is 0 Å². The highest BCUT2D eigenvalue weighted by Crippen LogP contribution is 2.27. The van der Waals surface area contributed by atoms with Crippen molar-refractivity contribution in [1.29, 1.82) is 0 Å². The summed E-state index contributed by atoms with van der Waals surface area (Å²) in [6.07, 6.45) is 2.00. The monoisotopic (exact) mass is 370 g/mol. The minimum Gasteiger partial charge on any atom is -0.480 e. The van der Waals surface area contributed by atoms with Gasteiger partial charge in [0.2, 0.25) is 10.0 Å². The zero-order valence-electron chi connectivity index (χ0n) is 14.6. The van der Waals surface area contributed by atoms with E-state index in [9.17, 15) is 13.2 Å². The van der Waals surface area contributed by atoms with E-state index in [0.717, 1.165) is 12.0 Å². The van der Waals surface area contributed by atoms with Crippen LogP contribution in [-0.4, -0.2) is 63.3 Å². The topological polar surface area (TPSA) is 95.9 Å². The summed E-state index contributed by atoms with van der Waals surface area (Å²) in [5.74, 6) is -0.862. The molecule has 0 amide bonds. The molecule has 1 aliphatic rings. The minimum absolute atomic E-state index is 0.0103. The Morgan fingerprint density at radius 3 is 2.48 bits per heavy atom. The fourth-order valence-electron chi connectivity index (χ4n) is 3.00. The number of hydrogen-bond donors (Lipinski definition) is 2. The molecule has 7 nitrogen and oxygen atoms in total. The van der Waals surface area contributed by atoms with Crippen LogP contribution >= 0.6 is 0 Å². The van der Waals surface area contributed by atoms with Crippen molar-refractivity contribution in [2.75, 3.05) is 26.8 Å². The van der Waals surface area contributed by atoms with Gasteiger partial charge in [-0.25, -0.2) is 13.1 Å². The summed E-state index contributed by atoms with van der Waals surface area (Å²) in [5.41, 5.74) is 1.02. The molecule has 0 radical (unpaired) electrons. The number of benzene rings is 1. The first-order valence-corrected chi connectivity index (χ1v) is 9.90. The first-order valence-electron chi connectivity index (χ1n) is 8.41. The summed E-state index contributed by atoms with van der Waals surface area (Å²) in [6.45, 7) is 3.13. The molecule has 1 saturated carbocycles. The van der Waals surface area contributed by atoms with Gasteiger partial charge in [0.15, 0.2) is 0 Å². The van der Waals surface area contributed by atoms with Crippen LogP contribution in [0, 0.1) is 0 Å². The van der Waals surface area contributed by atoms with E-state index in [0.29, 0.717) is 26.0 Å². The number of hydrogen-bond acceptors (Lipinski definition) is 5. The summed E-state index contributed by atoms with van der Waals surface area (Å²) < 4.78 is 32.6. The van der Waals surface area contributed by atoms with Gasteiger partial charge in [0.25, 0.3) is 0 Å². The molecule has 2 N–H and O–H groups in total. The number of nitrogens with one attached hydrogen (secondary N) is 1. The van der Waals surface area contributed by atoms with Crippen LogP contribution in [0.5, 0.6) is 0 Å². The number of aliphatic carboxylic acids is 1. The van der Waals surface area contributed by atoms with Gasteiger partial charge in [0.1, 0.15) is 0 Å². The van der Waals surface area contributed by atoms with Gasteiger partial charge in [-0.1, -0.05) is 19.1 Å². The molecule has 8 heteroatoms.